The van der Waals surface area contributed by atoms with Gasteiger partial charge >= 0.3 is 0 Å². The van der Waals surface area contributed by atoms with Gasteiger partial charge in [0, 0.05) is 17.3 Å². The number of anilines is 1. The van der Waals surface area contributed by atoms with Gasteiger partial charge < -0.3 is 11.1 Å². The molecule has 1 aromatic rings. The molecule has 3 N–H and O–H groups in total. The highest BCUT2D eigenvalue weighted by molar-refractivity contribution is 7.80. The van der Waals surface area contributed by atoms with E-state index in [-0.39, 0.29) is 0 Å². The molecule has 0 amide bonds. The average molecular weight is 278 g/mol. The van der Waals surface area contributed by atoms with Crippen molar-refractivity contribution in [3.63, 3.8) is 0 Å². The third kappa shape index (κ3) is 4.83. The van der Waals surface area contributed by atoms with Crippen LogP contribution in [-0.4, -0.2) is 11.0 Å². The van der Waals surface area contributed by atoms with E-state index >= 15 is 0 Å². The fraction of sp³-hybridized carbons (Fsp3) is 0.562. The van der Waals surface area contributed by atoms with Crippen LogP contribution in [0.15, 0.2) is 18.2 Å². The van der Waals surface area contributed by atoms with Gasteiger partial charge in [-0.3, -0.25) is 0 Å². The summed E-state index contributed by atoms with van der Waals surface area (Å²) in [6.45, 7) is 6.57. The number of para-hydroxylation sites is 1. The van der Waals surface area contributed by atoms with E-state index in [1.54, 1.807) is 0 Å². The number of nitrogens with one attached hydrogen (secondary N) is 1. The lowest BCUT2D eigenvalue weighted by atomic mass is 10.0. The Morgan fingerprint density at radius 3 is 2.58 bits per heavy atom. The van der Waals surface area contributed by atoms with E-state index in [9.17, 15) is 0 Å². The summed E-state index contributed by atoms with van der Waals surface area (Å²) in [5.41, 5.74) is 9.12. The molecule has 0 spiro atoms. The molecule has 0 radical (unpaired) electrons. The zero-order chi connectivity index (χ0) is 14.3. The summed E-state index contributed by atoms with van der Waals surface area (Å²) in [6.07, 6.45) is 6.07. The maximum atomic E-state index is 5.82. The highest BCUT2D eigenvalue weighted by Gasteiger charge is 2.13. The fourth-order valence-electron chi connectivity index (χ4n) is 2.36. The van der Waals surface area contributed by atoms with Crippen molar-refractivity contribution in [3.8, 4) is 0 Å². The minimum absolute atomic E-state index is 0.469. The van der Waals surface area contributed by atoms with Crippen molar-refractivity contribution >= 4 is 22.9 Å². The van der Waals surface area contributed by atoms with Crippen LogP contribution in [0.4, 0.5) is 5.69 Å². The number of benzene rings is 1. The first kappa shape index (κ1) is 16.0. The van der Waals surface area contributed by atoms with Crippen LogP contribution in [0.1, 0.15) is 57.1 Å². The van der Waals surface area contributed by atoms with Crippen LogP contribution >= 0.6 is 12.2 Å². The second-order valence-corrected chi connectivity index (χ2v) is 5.57. The normalized spacial score (nSPS) is 12.2. The molecule has 106 valence electrons. The van der Waals surface area contributed by atoms with E-state index in [1.165, 1.54) is 37.7 Å². The van der Waals surface area contributed by atoms with Crippen molar-refractivity contribution in [2.45, 2.75) is 58.9 Å². The summed E-state index contributed by atoms with van der Waals surface area (Å²) < 4.78 is 0. The van der Waals surface area contributed by atoms with E-state index in [0.717, 1.165) is 11.3 Å². The first-order valence-corrected chi connectivity index (χ1v) is 7.66. The van der Waals surface area contributed by atoms with Crippen LogP contribution in [0, 0.1) is 6.92 Å². The number of unbranched alkanes of at least 4 members (excludes halogenated alkanes) is 1. The van der Waals surface area contributed by atoms with E-state index in [4.69, 9.17) is 18.0 Å². The minimum Gasteiger partial charge on any atom is -0.389 e. The Kier molecular flexibility index (Phi) is 6.85. The lowest BCUT2D eigenvalue weighted by Gasteiger charge is -2.22. The predicted molar refractivity (Wildman–Crippen MR) is 88.9 cm³/mol. The molecule has 0 saturated carbocycles. The van der Waals surface area contributed by atoms with Crippen molar-refractivity contribution < 1.29 is 0 Å². The highest BCUT2D eigenvalue weighted by atomic mass is 32.1. The Bertz CT molecular complexity index is 415. The standard InChI is InChI=1S/C16H26N2S/c1-4-6-10-13(8-5-2)18-15-12(3)9-7-11-14(15)16(17)19/h7,9,11,13,18H,4-6,8,10H2,1-3H3,(H2,17,19). The topological polar surface area (TPSA) is 38.0 Å². The molecule has 1 atom stereocenters. The predicted octanol–water partition coefficient (Wildman–Crippen LogP) is 4.40. The number of hydrogen-bond acceptors (Lipinski definition) is 2. The van der Waals surface area contributed by atoms with Gasteiger partial charge in [0.05, 0.1) is 0 Å². The average Bonchev–Trinajstić information content (AvgIpc) is 2.38. The number of rotatable bonds is 8. The first-order valence-electron chi connectivity index (χ1n) is 7.26. The molecule has 0 bridgehead atoms. The van der Waals surface area contributed by atoms with Crippen molar-refractivity contribution in [3.05, 3.63) is 29.3 Å². The summed E-state index contributed by atoms with van der Waals surface area (Å²) in [5, 5.41) is 3.67. The number of aryl methyl sites for hydroxylation is 1. The van der Waals surface area contributed by atoms with Gasteiger partial charge in [0.1, 0.15) is 4.99 Å². The van der Waals surface area contributed by atoms with E-state index in [0.29, 0.717) is 11.0 Å². The van der Waals surface area contributed by atoms with Crippen LogP contribution in [0.25, 0.3) is 0 Å². The molecule has 1 aromatic carbocycles. The smallest absolute Gasteiger partial charge is 0.106 e. The summed E-state index contributed by atoms with van der Waals surface area (Å²) in [7, 11) is 0. The van der Waals surface area contributed by atoms with Gasteiger partial charge in [-0.25, -0.2) is 0 Å². The number of nitrogens with two attached hydrogens (primary N) is 1. The Morgan fingerprint density at radius 2 is 2.00 bits per heavy atom. The summed E-state index contributed by atoms with van der Waals surface area (Å²) in [6, 6.07) is 6.63. The SMILES string of the molecule is CCCCC(CCC)Nc1c(C)cccc1C(N)=S. The van der Waals surface area contributed by atoms with Gasteiger partial charge in [0.15, 0.2) is 0 Å². The van der Waals surface area contributed by atoms with Crippen LogP contribution < -0.4 is 11.1 Å². The van der Waals surface area contributed by atoms with Crippen LogP contribution in [0.3, 0.4) is 0 Å². The van der Waals surface area contributed by atoms with Crippen molar-refractivity contribution in [2.75, 3.05) is 5.32 Å². The van der Waals surface area contributed by atoms with Crippen molar-refractivity contribution in [1.29, 1.82) is 0 Å². The molecule has 0 aromatic heterocycles. The molecule has 0 aliphatic rings. The Balaban J connectivity index is 2.91. The van der Waals surface area contributed by atoms with Crippen molar-refractivity contribution in [1.82, 2.24) is 0 Å². The molecule has 0 saturated heterocycles. The molecule has 3 heteroatoms. The molecule has 2 nitrogen and oxygen atoms in total. The molecular weight excluding hydrogens is 252 g/mol. The molecular formula is C16H26N2S. The van der Waals surface area contributed by atoms with E-state index in [2.05, 4.69) is 32.2 Å². The van der Waals surface area contributed by atoms with Gasteiger partial charge in [-0.05, 0) is 31.4 Å². The first-order chi connectivity index (χ1) is 9.10. The maximum absolute atomic E-state index is 5.82. The van der Waals surface area contributed by atoms with Crippen LogP contribution in [0.5, 0.6) is 0 Å². The highest BCUT2D eigenvalue weighted by Crippen LogP contribution is 2.23. The van der Waals surface area contributed by atoms with Gasteiger partial charge in [-0.15, -0.1) is 0 Å². The zero-order valence-corrected chi connectivity index (χ0v) is 13.1. The second kappa shape index (κ2) is 8.16. The third-order valence-corrected chi connectivity index (χ3v) is 3.65. The van der Waals surface area contributed by atoms with Crippen LogP contribution in [0.2, 0.25) is 0 Å². The minimum atomic E-state index is 0.469. The Labute approximate surface area is 122 Å². The van der Waals surface area contributed by atoms with Gasteiger partial charge in [-0.1, -0.05) is 57.5 Å². The van der Waals surface area contributed by atoms with E-state index < -0.39 is 0 Å². The van der Waals surface area contributed by atoms with Crippen molar-refractivity contribution in [2.24, 2.45) is 5.73 Å². The Morgan fingerprint density at radius 1 is 1.26 bits per heavy atom. The molecule has 0 heterocycles. The molecule has 0 aliphatic heterocycles. The van der Waals surface area contributed by atoms with E-state index in [1.807, 2.05) is 12.1 Å². The Hall–Kier alpha value is -1.09. The quantitative estimate of drug-likeness (QED) is 0.692. The van der Waals surface area contributed by atoms with Gasteiger partial charge in [0.25, 0.3) is 0 Å². The largest absolute Gasteiger partial charge is 0.389 e. The molecule has 0 fully saturated rings. The lowest BCUT2D eigenvalue weighted by Crippen LogP contribution is -2.23. The molecule has 1 rings (SSSR count). The van der Waals surface area contributed by atoms with Crippen LogP contribution in [-0.2, 0) is 0 Å². The van der Waals surface area contributed by atoms with Gasteiger partial charge in [-0.2, -0.15) is 0 Å². The lowest BCUT2D eigenvalue weighted by molar-refractivity contribution is 0.564. The summed E-state index contributed by atoms with van der Waals surface area (Å²) in [5.74, 6) is 0. The summed E-state index contributed by atoms with van der Waals surface area (Å²) >= 11 is 5.15. The summed E-state index contributed by atoms with van der Waals surface area (Å²) in [4.78, 5) is 0.469. The number of hydrogen-bond donors (Lipinski definition) is 2. The molecule has 19 heavy (non-hydrogen) atoms. The number of thiocarbonyl (C=S) groups is 1. The third-order valence-electron chi connectivity index (χ3n) is 3.43. The molecule has 0 aliphatic carbocycles. The second-order valence-electron chi connectivity index (χ2n) is 5.13. The molecule has 1 unspecified atom stereocenters. The van der Waals surface area contributed by atoms with Gasteiger partial charge in [0.2, 0.25) is 0 Å². The maximum Gasteiger partial charge on any atom is 0.106 e. The zero-order valence-electron chi connectivity index (χ0n) is 12.3. The fourth-order valence-corrected chi connectivity index (χ4v) is 2.53. The monoisotopic (exact) mass is 278 g/mol.